The molecule has 3 heterocycles. The highest BCUT2D eigenvalue weighted by Gasteiger charge is 2.39. The van der Waals surface area contributed by atoms with Crippen molar-refractivity contribution in [3.8, 4) is 0 Å². The Morgan fingerprint density at radius 3 is 2.16 bits per heavy atom. The number of carbonyl (C=O) groups excluding carboxylic acids is 1. The molecule has 0 spiro atoms. The van der Waals surface area contributed by atoms with Crippen molar-refractivity contribution in [1.82, 2.24) is 14.7 Å². The topological polar surface area (TPSA) is 26.8 Å². The van der Waals surface area contributed by atoms with Gasteiger partial charge < -0.3 is 14.7 Å². The fourth-order valence-corrected chi connectivity index (χ4v) is 4.27. The summed E-state index contributed by atoms with van der Waals surface area (Å²) in [5.74, 6) is 2.90. The van der Waals surface area contributed by atoms with Crippen molar-refractivity contribution in [2.24, 2.45) is 17.8 Å². The zero-order valence-electron chi connectivity index (χ0n) is 12.3. The third kappa shape index (κ3) is 2.95. The lowest BCUT2D eigenvalue weighted by atomic mass is 9.96. The maximum Gasteiger partial charge on any atom is 0.219 e. The number of piperidine rings is 1. The number of likely N-dealkylation sites (tertiary alicyclic amines) is 3. The van der Waals surface area contributed by atoms with Gasteiger partial charge in [-0.25, -0.2) is 0 Å². The van der Waals surface area contributed by atoms with E-state index in [0.29, 0.717) is 0 Å². The lowest BCUT2D eigenvalue weighted by Crippen LogP contribution is -2.40. The number of hydrogen-bond donors (Lipinski definition) is 0. The number of carbonyl (C=O) groups is 1. The molecule has 3 fully saturated rings. The molecule has 3 aliphatic rings. The maximum atomic E-state index is 11.3. The largest absolute Gasteiger partial charge is 0.343 e. The first-order valence-corrected chi connectivity index (χ1v) is 7.78. The number of rotatable bonds is 2. The number of hydrogen-bond acceptors (Lipinski definition) is 3. The Morgan fingerprint density at radius 2 is 1.63 bits per heavy atom. The van der Waals surface area contributed by atoms with Gasteiger partial charge in [0.1, 0.15) is 0 Å². The van der Waals surface area contributed by atoms with Gasteiger partial charge in [0.15, 0.2) is 0 Å². The van der Waals surface area contributed by atoms with Crippen molar-refractivity contribution in [3.63, 3.8) is 0 Å². The molecule has 0 unspecified atom stereocenters. The van der Waals surface area contributed by atoms with E-state index in [1.54, 1.807) is 6.92 Å². The van der Waals surface area contributed by atoms with Gasteiger partial charge in [-0.05, 0) is 37.6 Å². The van der Waals surface area contributed by atoms with Crippen LogP contribution in [-0.2, 0) is 4.79 Å². The molecule has 4 heteroatoms. The SMILES string of the molecule is CC(=O)N1CCC(CN2C[C@H]3CN(C)C[C@H]3C2)CC1. The zero-order chi connectivity index (χ0) is 13.4. The summed E-state index contributed by atoms with van der Waals surface area (Å²) in [6.07, 6.45) is 2.40. The predicted molar refractivity (Wildman–Crippen MR) is 75.9 cm³/mol. The summed E-state index contributed by atoms with van der Waals surface area (Å²) < 4.78 is 0. The van der Waals surface area contributed by atoms with Crippen LogP contribution in [0.25, 0.3) is 0 Å². The Bertz CT molecular complexity index is 324. The van der Waals surface area contributed by atoms with Crippen molar-refractivity contribution >= 4 is 5.91 Å². The van der Waals surface area contributed by atoms with E-state index in [2.05, 4.69) is 16.8 Å². The minimum Gasteiger partial charge on any atom is -0.343 e. The minimum atomic E-state index is 0.247. The van der Waals surface area contributed by atoms with Gasteiger partial charge in [-0.15, -0.1) is 0 Å². The van der Waals surface area contributed by atoms with Crippen LogP contribution < -0.4 is 0 Å². The maximum absolute atomic E-state index is 11.3. The third-order valence-corrected chi connectivity index (χ3v) is 5.32. The second kappa shape index (κ2) is 5.41. The molecule has 0 N–H and O–H groups in total. The molecular formula is C15H27N3O. The Kier molecular flexibility index (Phi) is 3.81. The quantitative estimate of drug-likeness (QED) is 0.737. The van der Waals surface area contributed by atoms with Gasteiger partial charge in [-0.1, -0.05) is 0 Å². The molecule has 1 amide bonds. The Balaban J connectivity index is 1.43. The van der Waals surface area contributed by atoms with Gasteiger partial charge in [-0.2, -0.15) is 0 Å². The van der Waals surface area contributed by atoms with E-state index in [4.69, 9.17) is 0 Å². The van der Waals surface area contributed by atoms with Crippen molar-refractivity contribution in [2.45, 2.75) is 19.8 Å². The van der Waals surface area contributed by atoms with Crippen molar-refractivity contribution in [1.29, 1.82) is 0 Å². The molecule has 0 saturated carbocycles. The summed E-state index contributed by atoms with van der Waals surface area (Å²) in [7, 11) is 2.25. The summed E-state index contributed by atoms with van der Waals surface area (Å²) in [5, 5.41) is 0. The van der Waals surface area contributed by atoms with E-state index >= 15 is 0 Å². The van der Waals surface area contributed by atoms with E-state index in [0.717, 1.165) is 30.8 Å². The lowest BCUT2D eigenvalue weighted by Gasteiger charge is -2.33. The van der Waals surface area contributed by atoms with Gasteiger partial charge in [0.2, 0.25) is 5.91 Å². The first-order valence-electron chi connectivity index (χ1n) is 7.78. The van der Waals surface area contributed by atoms with Crippen LogP contribution in [0.3, 0.4) is 0 Å². The van der Waals surface area contributed by atoms with Crippen molar-refractivity contribution in [2.75, 3.05) is 52.9 Å². The normalized spacial score (nSPS) is 33.9. The third-order valence-electron chi connectivity index (χ3n) is 5.32. The van der Waals surface area contributed by atoms with Gasteiger partial charge >= 0.3 is 0 Å². The summed E-state index contributed by atoms with van der Waals surface area (Å²) >= 11 is 0. The molecule has 0 aliphatic carbocycles. The van der Waals surface area contributed by atoms with E-state index in [-0.39, 0.29) is 5.91 Å². The Hall–Kier alpha value is -0.610. The van der Waals surface area contributed by atoms with Crippen LogP contribution >= 0.6 is 0 Å². The fourth-order valence-electron chi connectivity index (χ4n) is 4.27. The van der Waals surface area contributed by atoms with Gasteiger partial charge in [0, 0.05) is 52.7 Å². The van der Waals surface area contributed by atoms with E-state index in [9.17, 15) is 4.79 Å². The smallest absolute Gasteiger partial charge is 0.219 e. The standard InChI is InChI=1S/C15H27N3O/c1-12(19)18-5-3-13(4-6-18)7-17-10-14-8-16(2)9-15(14)11-17/h13-15H,3-11H2,1-2H3/t14-,15+. The van der Waals surface area contributed by atoms with Crippen LogP contribution in [0, 0.1) is 17.8 Å². The molecule has 3 aliphatic heterocycles. The van der Waals surface area contributed by atoms with Crippen LogP contribution in [0.1, 0.15) is 19.8 Å². The average molecular weight is 265 g/mol. The highest BCUT2D eigenvalue weighted by atomic mass is 16.2. The fraction of sp³-hybridized carbons (Fsp3) is 0.933. The first-order chi connectivity index (χ1) is 9.11. The van der Waals surface area contributed by atoms with E-state index in [1.165, 1.54) is 45.6 Å². The summed E-state index contributed by atoms with van der Waals surface area (Å²) in [6.45, 7) is 10.1. The van der Waals surface area contributed by atoms with Gasteiger partial charge in [0.25, 0.3) is 0 Å². The number of nitrogens with zero attached hydrogens (tertiary/aromatic N) is 3. The molecular weight excluding hydrogens is 238 g/mol. The first kappa shape index (κ1) is 13.4. The molecule has 108 valence electrons. The Labute approximate surface area is 116 Å². The highest BCUT2D eigenvalue weighted by Crippen LogP contribution is 2.31. The number of fused-ring (bicyclic) bond motifs is 1. The second-order valence-corrected chi connectivity index (χ2v) is 6.91. The second-order valence-electron chi connectivity index (χ2n) is 6.91. The van der Waals surface area contributed by atoms with Crippen LogP contribution in [0.15, 0.2) is 0 Å². The summed E-state index contributed by atoms with van der Waals surface area (Å²) in [6, 6.07) is 0. The molecule has 0 aromatic carbocycles. The van der Waals surface area contributed by atoms with E-state index < -0.39 is 0 Å². The monoisotopic (exact) mass is 265 g/mol. The van der Waals surface area contributed by atoms with Gasteiger partial charge in [-0.3, -0.25) is 4.79 Å². The molecule has 0 bridgehead atoms. The Morgan fingerprint density at radius 1 is 1.05 bits per heavy atom. The molecule has 3 saturated heterocycles. The lowest BCUT2D eigenvalue weighted by molar-refractivity contribution is -0.130. The van der Waals surface area contributed by atoms with E-state index in [1.807, 2.05) is 4.90 Å². The highest BCUT2D eigenvalue weighted by molar-refractivity contribution is 5.73. The molecule has 3 rings (SSSR count). The van der Waals surface area contributed by atoms with Crippen LogP contribution in [0.2, 0.25) is 0 Å². The molecule has 19 heavy (non-hydrogen) atoms. The van der Waals surface area contributed by atoms with Gasteiger partial charge in [0.05, 0.1) is 0 Å². The van der Waals surface area contributed by atoms with Crippen molar-refractivity contribution in [3.05, 3.63) is 0 Å². The average Bonchev–Trinajstić information content (AvgIpc) is 2.86. The van der Waals surface area contributed by atoms with Crippen LogP contribution in [0.5, 0.6) is 0 Å². The van der Waals surface area contributed by atoms with Crippen molar-refractivity contribution < 1.29 is 4.79 Å². The van der Waals surface area contributed by atoms with Crippen LogP contribution in [-0.4, -0.2) is 73.5 Å². The number of amides is 1. The van der Waals surface area contributed by atoms with Crippen LogP contribution in [0.4, 0.5) is 0 Å². The molecule has 4 nitrogen and oxygen atoms in total. The summed E-state index contributed by atoms with van der Waals surface area (Å²) in [4.78, 5) is 18.5. The molecule has 2 atom stereocenters. The minimum absolute atomic E-state index is 0.247. The zero-order valence-corrected chi connectivity index (χ0v) is 12.3. The molecule has 0 aromatic rings. The molecule has 0 radical (unpaired) electrons. The summed E-state index contributed by atoms with van der Waals surface area (Å²) in [5.41, 5.74) is 0. The molecule has 0 aromatic heterocycles. The predicted octanol–water partition coefficient (Wildman–Crippen LogP) is 0.738.